The van der Waals surface area contributed by atoms with Gasteiger partial charge in [0.15, 0.2) is 11.6 Å². The molecular formula is C30H29Cl2FN2O4. The van der Waals surface area contributed by atoms with E-state index in [0.29, 0.717) is 39.9 Å². The summed E-state index contributed by atoms with van der Waals surface area (Å²) in [5.41, 5.74) is 0.653. The van der Waals surface area contributed by atoms with Gasteiger partial charge in [-0.25, -0.2) is 9.38 Å². The Morgan fingerprint density at radius 1 is 1.13 bits per heavy atom. The highest BCUT2D eigenvalue weighted by atomic mass is 35.5. The molecule has 2 N–H and O–H groups in total. The van der Waals surface area contributed by atoms with Crippen molar-refractivity contribution in [3.8, 4) is 5.75 Å². The van der Waals surface area contributed by atoms with Gasteiger partial charge in [0.2, 0.25) is 5.90 Å². The summed E-state index contributed by atoms with van der Waals surface area (Å²) in [6, 6.07) is 21.7. The quantitative estimate of drug-likeness (QED) is 0.254. The van der Waals surface area contributed by atoms with Crippen LogP contribution in [0, 0.1) is 0 Å². The molecule has 4 rings (SSSR count). The van der Waals surface area contributed by atoms with E-state index in [9.17, 15) is 9.18 Å². The molecule has 6 nitrogen and oxygen atoms in total. The third kappa shape index (κ3) is 6.98. The summed E-state index contributed by atoms with van der Waals surface area (Å²) in [6.45, 7) is -0.448. The van der Waals surface area contributed by atoms with Crippen LogP contribution in [0.1, 0.15) is 35.6 Å². The van der Waals surface area contributed by atoms with Crippen molar-refractivity contribution in [2.75, 3.05) is 26.4 Å². The SMILES string of the molecule is O=C(NCCF)[C@]1(C/C=C/c2ccccc2)N=C(c2ccc(OCCCO)cc2)O[C@@H]1c1ccc(Cl)cc1Cl. The second-order valence-electron chi connectivity index (χ2n) is 8.92. The van der Waals surface area contributed by atoms with Crippen LogP contribution in [0.4, 0.5) is 4.39 Å². The number of aliphatic imine (C=N–C) groups is 1. The van der Waals surface area contributed by atoms with E-state index in [1.807, 2.05) is 42.5 Å². The van der Waals surface area contributed by atoms with Gasteiger partial charge in [0.1, 0.15) is 12.4 Å². The third-order valence-corrected chi connectivity index (χ3v) is 6.76. The molecule has 39 heavy (non-hydrogen) atoms. The molecule has 0 radical (unpaired) electrons. The molecule has 0 aliphatic carbocycles. The Morgan fingerprint density at radius 3 is 2.59 bits per heavy atom. The molecule has 204 valence electrons. The van der Waals surface area contributed by atoms with Gasteiger partial charge in [-0.2, -0.15) is 0 Å². The standard InChI is InChI=1S/C30H29Cl2FN2O4/c31-23-11-14-25(26(32)20-23)27-30(29(37)34-17-16-33,15-4-8-21-6-2-1-3-7-21)35-28(39-27)22-9-12-24(13-10-22)38-19-5-18-36/h1-4,6-14,20,27,36H,5,15-19H2,(H,34,37)/b8-4+/t27-,30-/m1/s1. The molecule has 3 aromatic carbocycles. The van der Waals surface area contributed by atoms with Crippen LogP contribution in [0.25, 0.3) is 6.08 Å². The minimum Gasteiger partial charge on any atom is -0.494 e. The van der Waals surface area contributed by atoms with Crippen LogP contribution in [0.3, 0.4) is 0 Å². The molecule has 1 heterocycles. The maximum absolute atomic E-state index is 13.7. The first-order valence-electron chi connectivity index (χ1n) is 12.6. The molecule has 9 heteroatoms. The van der Waals surface area contributed by atoms with Gasteiger partial charge in [-0.3, -0.25) is 4.79 Å². The topological polar surface area (TPSA) is 80.2 Å². The van der Waals surface area contributed by atoms with Gasteiger partial charge in [0, 0.05) is 47.2 Å². The van der Waals surface area contributed by atoms with Crippen molar-refractivity contribution < 1.29 is 23.8 Å². The molecule has 1 aliphatic heterocycles. The molecule has 0 fully saturated rings. The smallest absolute Gasteiger partial charge is 0.252 e. The Balaban J connectivity index is 1.75. The zero-order chi connectivity index (χ0) is 27.7. The molecule has 3 aromatic rings. The highest BCUT2D eigenvalue weighted by Crippen LogP contribution is 2.45. The summed E-state index contributed by atoms with van der Waals surface area (Å²) >= 11 is 12.7. The summed E-state index contributed by atoms with van der Waals surface area (Å²) in [5, 5.41) is 12.4. The van der Waals surface area contributed by atoms with E-state index >= 15 is 0 Å². The first-order valence-corrected chi connectivity index (χ1v) is 13.3. The maximum Gasteiger partial charge on any atom is 0.252 e. The first kappa shape index (κ1) is 28.6. The largest absolute Gasteiger partial charge is 0.494 e. The van der Waals surface area contributed by atoms with Crippen LogP contribution in [-0.2, 0) is 9.53 Å². The Kier molecular flexibility index (Phi) is 9.98. The average Bonchev–Trinajstić information content (AvgIpc) is 3.33. The molecule has 0 aromatic heterocycles. The first-order chi connectivity index (χ1) is 19.0. The normalized spacial score (nSPS) is 18.6. The van der Waals surface area contributed by atoms with Gasteiger partial charge in [0.05, 0.1) is 6.61 Å². The number of aliphatic hydroxyl groups excluding tert-OH is 1. The number of ether oxygens (including phenoxy) is 2. The van der Waals surface area contributed by atoms with Crippen LogP contribution in [0.5, 0.6) is 5.75 Å². The van der Waals surface area contributed by atoms with E-state index in [1.165, 1.54) is 0 Å². The number of nitrogens with one attached hydrogen (secondary N) is 1. The van der Waals surface area contributed by atoms with E-state index < -0.39 is 24.2 Å². The molecule has 1 amide bonds. The molecule has 0 bridgehead atoms. The number of amides is 1. The second-order valence-corrected chi connectivity index (χ2v) is 9.76. The van der Waals surface area contributed by atoms with Crippen LogP contribution in [0.2, 0.25) is 10.0 Å². The van der Waals surface area contributed by atoms with Crippen molar-refractivity contribution in [3.63, 3.8) is 0 Å². The lowest BCUT2D eigenvalue weighted by molar-refractivity contribution is -0.128. The summed E-state index contributed by atoms with van der Waals surface area (Å²) in [6.07, 6.45) is 3.54. The number of rotatable bonds is 12. The van der Waals surface area contributed by atoms with Crippen molar-refractivity contribution in [1.29, 1.82) is 0 Å². The van der Waals surface area contributed by atoms with E-state index in [0.717, 1.165) is 5.56 Å². The van der Waals surface area contributed by atoms with Crippen LogP contribution >= 0.6 is 23.2 Å². The van der Waals surface area contributed by atoms with Crippen LogP contribution in [-0.4, -0.2) is 48.9 Å². The van der Waals surface area contributed by atoms with Crippen molar-refractivity contribution in [2.24, 2.45) is 4.99 Å². The molecule has 2 atom stereocenters. The van der Waals surface area contributed by atoms with E-state index in [2.05, 4.69) is 5.32 Å². The fraction of sp³-hybridized carbons (Fsp3) is 0.267. The van der Waals surface area contributed by atoms with Crippen molar-refractivity contribution in [3.05, 3.63) is 106 Å². The molecule has 1 aliphatic rings. The van der Waals surface area contributed by atoms with Gasteiger partial charge >= 0.3 is 0 Å². The lowest BCUT2D eigenvalue weighted by Crippen LogP contribution is -2.48. The molecule has 0 saturated heterocycles. The number of aliphatic hydroxyl groups is 1. The minimum atomic E-state index is -1.47. The molecular weight excluding hydrogens is 542 g/mol. The van der Waals surface area contributed by atoms with Gasteiger partial charge in [0.25, 0.3) is 5.91 Å². The highest BCUT2D eigenvalue weighted by molar-refractivity contribution is 6.35. The lowest BCUT2D eigenvalue weighted by Gasteiger charge is -2.30. The molecule has 0 unspecified atom stereocenters. The maximum atomic E-state index is 13.7. The predicted molar refractivity (Wildman–Crippen MR) is 152 cm³/mol. The van der Waals surface area contributed by atoms with E-state index in [1.54, 1.807) is 42.5 Å². The van der Waals surface area contributed by atoms with Gasteiger partial charge in [-0.05, 0) is 42.0 Å². The van der Waals surface area contributed by atoms with Gasteiger partial charge < -0.3 is 19.9 Å². The summed E-state index contributed by atoms with van der Waals surface area (Å²) in [7, 11) is 0. The number of carbonyl (C=O) groups excluding carboxylic acids is 1. The summed E-state index contributed by atoms with van der Waals surface area (Å²) < 4.78 is 25.1. The molecule has 0 spiro atoms. The monoisotopic (exact) mass is 570 g/mol. The van der Waals surface area contributed by atoms with Crippen LogP contribution in [0.15, 0.2) is 83.9 Å². The fourth-order valence-corrected chi connectivity index (χ4v) is 4.77. The number of hydrogen-bond acceptors (Lipinski definition) is 5. The van der Waals surface area contributed by atoms with Gasteiger partial charge in [-0.15, -0.1) is 0 Å². The Morgan fingerprint density at radius 2 is 1.90 bits per heavy atom. The fourth-order valence-electron chi connectivity index (χ4n) is 4.26. The lowest BCUT2D eigenvalue weighted by atomic mass is 9.84. The summed E-state index contributed by atoms with van der Waals surface area (Å²) in [4.78, 5) is 18.5. The Labute approximate surface area is 237 Å². The number of hydrogen-bond donors (Lipinski definition) is 2. The summed E-state index contributed by atoms with van der Waals surface area (Å²) in [5.74, 6) is 0.394. The predicted octanol–water partition coefficient (Wildman–Crippen LogP) is 6.20. The minimum absolute atomic E-state index is 0.0443. The number of nitrogens with zero attached hydrogens (tertiary/aromatic N) is 1. The van der Waals surface area contributed by atoms with Crippen LogP contribution < -0.4 is 10.1 Å². The van der Waals surface area contributed by atoms with E-state index in [-0.39, 0.29) is 25.5 Å². The zero-order valence-corrected chi connectivity index (χ0v) is 22.7. The third-order valence-electron chi connectivity index (χ3n) is 6.19. The number of benzene rings is 3. The molecule has 0 saturated carbocycles. The van der Waals surface area contributed by atoms with Crippen molar-refractivity contribution in [1.82, 2.24) is 5.32 Å². The van der Waals surface area contributed by atoms with Gasteiger partial charge in [-0.1, -0.05) is 71.8 Å². The average molecular weight is 571 g/mol. The number of carbonyl (C=O) groups is 1. The zero-order valence-electron chi connectivity index (χ0n) is 21.2. The Bertz CT molecular complexity index is 1320. The van der Waals surface area contributed by atoms with Crippen molar-refractivity contribution in [2.45, 2.75) is 24.5 Å². The highest BCUT2D eigenvalue weighted by Gasteiger charge is 2.53. The Hall–Kier alpha value is -3.39. The second kappa shape index (κ2) is 13.6. The number of halogens is 3. The van der Waals surface area contributed by atoms with Crippen molar-refractivity contribution >= 4 is 41.1 Å². The number of alkyl halides is 1. The van der Waals surface area contributed by atoms with E-state index in [4.69, 9.17) is 42.8 Å².